The van der Waals surface area contributed by atoms with Crippen molar-refractivity contribution in [3.8, 4) is 11.1 Å². The van der Waals surface area contributed by atoms with Gasteiger partial charge in [-0.2, -0.15) is 0 Å². The van der Waals surface area contributed by atoms with Crippen molar-refractivity contribution in [3.63, 3.8) is 0 Å². The summed E-state index contributed by atoms with van der Waals surface area (Å²) in [7, 11) is 0. The summed E-state index contributed by atoms with van der Waals surface area (Å²) in [6.45, 7) is 4.72. The second kappa shape index (κ2) is 9.04. The predicted molar refractivity (Wildman–Crippen MR) is 187 cm³/mol. The molecular formula is C41H29NS. The topological polar surface area (TPSA) is 3.24 Å². The van der Waals surface area contributed by atoms with Crippen molar-refractivity contribution in [1.82, 2.24) is 0 Å². The molecule has 7 aromatic carbocycles. The van der Waals surface area contributed by atoms with Crippen LogP contribution in [0.3, 0.4) is 0 Å². The molecule has 204 valence electrons. The van der Waals surface area contributed by atoms with Gasteiger partial charge in [0.25, 0.3) is 0 Å². The van der Waals surface area contributed by atoms with Crippen molar-refractivity contribution >= 4 is 70.1 Å². The van der Waals surface area contributed by atoms with E-state index in [0.29, 0.717) is 0 Å². The maximum Gasteiger partial charge on any atom is 0.0640 e. The van der Waals surface area contributed by atoms with Gasteiger partial charge in [0.15, 0.2) is 0 Å². The number of nitrogens with zero attached hydrogens (tertiary/aromatic N) is 1. The Bertz CT molecular complexity index is 2390. The standard InChI is InChI=1S/C41H29NS/c1-41(2)34-17-8-7-15-33(34)38-35(41)18-10-19-36(38)42(29-23-21-26-11-3-4-13-28(26)25-29)37-20-9-16-31-32-24-22-27-12-5-6-14-30(27)39(32)43-40(31)37/h3-25H,1-2H3. The fraction of sp³-hybridized carbons (Fsp3) is 0.0732. The van der Waals surface area contributed by atoms with Crippen LogP contribution in [0.5, 0.6) is 0 Å². The maximum absolute atomic E-state index is 2.52. The highest BCUT2D eigenvalue weighted by Crippen LogP contribution is 2.55. The molecular weight excluding hydrogens is 539 g/mol. The van der Waals surface area contributed by atoms with Crippen molar-refractivity contribution in [2.24, 2.45) is 0 Å². The van der Waals surface area contributed by atoms with Crippen LogP contribution in [-0.2, 0) is 5.41 Å². The van der Waals surface area contributed by atoms with Crippen LogP contribution >= 0.6 is 11.3 Å². The Balaban J connectivity index is 1.39. The Morgan fingerprint density at radius 2 is 1.14 bits per heavy atom. The molecule has 1 nitrogen and oxygen atoms in total. The zero-order valence-electron chi connectivity index (χ0n) is 24.1. The third kappa shape index (κ3) is 3.51. The SMILES string of the molecule is CC1(C)c2ccccc2-c2c(N(c3ccc4ccccc4c3)c3cccc4c3sc3c5ccccc5ccc43)cccc21. The number of hydrogen-bond acceptors (Lipinski definition) is 2. The van der Waals surface area contributed by atoms with E-state index < -0.39 is 0 Å². The Morgan fingerprint density at radius 1 is 0.488 bits per heavy atom. The van der Waals surface area contributed by atoms with Crippen LogP contribution in [0, 0.1) is 0 Å². The van der Waals surface area contributed by atoms with Crippen molar-refractivity contribution in [3.05, 3.63) is 151 Å². The number of thiophene rings is 1. The molecule has 1 heterocycles. The van der Waals surface area contributed by atoms with Crippen LogP contribution in [0.2, 0.25) is 0 Å². The highest BCUT2D eigenvalue weighted by molar-refractivity contribution is 7.27. The molecule has 1 aliphatic rings. The Morgan fingerprint density at radius 3 is 2.05 bits per heavy atom. The van der Waals surface area contributed by atoms with E-state index in [0.717, 1.165) is 0 Å². The first-order valence-electron chi connectivity index (χ1n) is 14.9. The minimum Gasteiger partial charge on any atom is -0.308 e. The van der Waals surface area contributed by atoms with Gasteiger partial charge in [-0.05, 0) is 62.5 Å². The van der Waals surface area contributed by atoms with Gasteiger partial charge in [0.1, 0.15) is 0 Å². The summed E-state index contributed by atoms with van der Waals surface area (Å²) in [5.74, 6) is 0. The van der Waals surface area contributed by atoms with Crippen LogP contribution in [0.1, 0.15) is 25.0 Å². The first-order chi connectivity index (χ1) is 21.1. The van der Waals surface area contributed by atoms with Crippen molar-refractivity contribution in [1.29, 1.82) is 0 Å². The molecule has 43 heavy (non-hydrogen) atoms. The molecule has 0 bridgehead atoms. The van der Waals surface area contributed by atoms with E-state index in [1.807, 2.05) is 11.3 Å². The van der Waals surface area contributed by atoms with Crippen molar-refractivity contribution in [2.75, 3.05) is 4.90 Å². The van der Waals surface area contributed by atoms with Crippen molar-refractivity contribution < 1.29 is 0 Å². The lowest BCUT2D eigenvalue weighted by molar-refractivity contribution is 0.660. The Kier molecular flexibility index (Phi) is 5.18. The largest absolute Gasteiger partial charge is 0.308 e. The zero-order valence-corrected chi connectivity index (χ0v) is 25.0. The van der Waals surface area contributed by atoms with Crippen LogP contribution in [0.15, 0.2) is 140 Å². The van der Waals surface area contributed by atoms with Crippen molar-refractivity contribution in [2.45, 2.75) is 19.3 Å². The molecule has 0 fully saturated rings. The van der Waals surface area contributed by atoms with Gasteiger partial charge in [-0.1, -0.05) is 129 Å². The number of hydrogen-bond donors (Lipinski definition) is 0. The first kappa shape index (κ1) is 24.7. The van der Waals surface area contributed by atoms with E-state index >= 15 is 0 Å². The molecule has 0 saturated carbocycles. The van der Waals surface area contributed by atoms with Crippen LogP contribution in [0.4, 0.5) is 17.1 Å². The first-order valence-corrected chi connectivity index (χ1v) is 15.8. The molecule has 0 N–H and O–H groups in total. The molecule has 0 amide bonds. The molecule has 9 rings (SSSR count). The van der Waals surface area contributed by atoms with Gasteiger partial charge in [-0.25, -0.2) is 0 Å². The third-order valence-electron chi connectivity index (χ3n) is 9.43. The van der Waals surface area contributed by atoms with Gasteiger partial charge in [0.2, 0.25) is 0 Å². The van der Waals surface area contributed by atoms with Crippen LogP contribution in [0.25, 0.3) is 52.8 Å². The van der Waals surface area contributed by atoms with E-state index in [4.69, 9.17) is 0 Å². The number of rotatable bonds is 3. The monoisotopic (exact) mass is 567 g/mol. The van der Waals surface area contributed by atoms with E-state index in [9.17, 15) is 0 Å². The fourth-order valence-electron chi connectivity index (χ4n) is 7.33. The summed E-state index contributed by atoms with van der Waals surface area (Å²) in [6.07, 6.45) is 0. The Hall–Kier alpha value is -4.92. The molecule has 0 unspecified atom stereocenters. The number of benzene rings is 7. The van der Waals surface area contributed by atoms with Gasteiger partial charge in [-0.3, -0.25) is 0 Å². The lowest BCUT2D eigenvalue weighted by Gasteiger charge is -2.29. The smallest absolute Gasteiger partial charge is 0.0640 e. The minimum absolute atomic E-state index is 0.0699. The molecule has 8 aromatic rings. The Labute approximate surface area is 255 Å². The van der Waals surface area contributed by atoms with Gasteiger partial charge in [0.05, 0.1) is 16.1 Å². The average Bonchev–Trinajstić information content (AvgIpc) is 3.55. The predicted octanol–water partition coefficient (Wildman–Crippen LogP) is 12.1. The van der Waals surface area contributed by atoms with E-state index in [2.05, 4.69) is 158 Å². The molecule has 0 spiro atoms. The molecule has 0 aliphatic heterocycles. The van der Waals surface area contributed by atoms with E-state index in [-0.39, 0.29) is 5.41 Å². The number of anilines is 3. The highest BCUT2D eigenvalue weighted by Gasteiger charge is 2.37. The molecule has 2 heteroatoms. The number of fused-ring (bicyclic) bond motifs is 9. The van der Waals surface area contributed by atoms with E-state index in [1.54, 1.807) is 0 Å². The highest BCUT2D eigenvalue weighted by atomic mass is 32.1. The lowest BCUT2D eigenvalue weighted by atomic mass is 9.82. The third-order valence-corrected chi connectivity index (χ3v) is 10.7. The van der Waals surface area contributed by atoms with Crippen LogP contribution in [-0.4, -0.2) is 0 Å². The molecule has 0 atom stereocenters. The van der Waals surface area contributed by atoms with E-state index in [1.165, 1.54) is 81.0 Å². The van der Waals surface area contributed by atoms with Gasteiger partial charge in [0, 0.05) is 32.1 Å². The maximum atomic E-state index is 2.52. The molecule has 1 aliphatic carbocycles. The fourth-order valence-corrected chi connectivity index (χ4v) is 8.67. The van der Waals surface area contributed by atoms with Gasteiger partial charge < -0.3 is 4.90 Å². The average molecular weight is 568 g/mol. The zero-order chi connectivity index (χ0) is 28.7. The summed E-state index contributed by atoms with van der Waals surface area (Å²) >= 11 is 1.92. The summed E-state index contributed by atoms with van der Waals surface area (Å²) in [6, 6.07) is 51.6. The lowest BCUT2D eigenvalue weighted by Crippen LogP contribution is -2.16. The summed E-state index contributed by atoms with van der Waals surface area (Å²) < 4.78 is 2.66. The summed E-state index contributed by atoms with van der Waals surface area (Å²) in [4.78, 5) is 2.52. The normalized spacial score (nSPS) is 13.5. The second-order valence-corrected chi connectivity index (χ2v) is 13.2. The molecule has 0 radical (unpaired) electrons. The molecule has 1 aromatic heterocycles. The summed E-state index contributed by atoms with van der Waals surface area (Å²) in [5, 5.41) is 7.73. The van der Waals surface area contributed by atoms with Crippen LogP contribution < -0.4 is 4.90 Å². The molecule has 0 saturated heterocycles. The summed E-state index contributed by atoms with van der Waals surface area (Å²) in [5.41, 5.74) is 8.98. The van der Waals surface area contributed by atoms with Gasteiger partial charge in [-0.15, -0.1) is 11.3 Å². The van der Waals surface area contributed by atoms with Gasteiger partial charge >= 0.3 is 0 Å². The second-order valence-electron chi connectivity index (χ2n) is 12.2. The quantitative estimate of drug-likeness (QED) is 0.205. The minimum atomic E-state index is -0.0699.